The zero-order valence-corrected chi connectivity index (χ0v) is 13.6. The van der Waals surface area contributed by atoms with Crippen LogP contribution >= 0.6 is 35.0 Å². The highest BCUT2D eigenvalue weighted by atomic mass is 35.5. The van der Waals surface area contributed by atoms with E-state index < -0.39 is 0 Å². The average molecular weight is 340 g/mol. The molecule has 0 saturated carbocycles. The predicted octanol–water partition coefficient (Wildman–Crippen LogP) is 4.44. The van der Waals surface area contributed by atoms with Gasteiger partial charge >= 0.3 is 0 Å². The lowest BCUT2D eigenvalue weighted by Crippen LogP contribution is -2.27. The highest BCUT2D eigenvalue weighted by molar-refractivity contribution is 8.00. The minimum absolute atomic E-state index is 0.0250. The third kappa shape index (κ3) is 6.00. The van der Waals surface area contributed by atoms with Gasteiger partial charge in [-0.15, -0.1) is 11.8 Å². The van der Waals surface area contributed by atoms with Crippen molar-refractivity contribution in [3.63, 3.8) is 0 Å². The lowest BCUT2D eigenvalue weighted by atomic mass is 10.1. The molecule has 0 saturated heterocycles. The minimum Gasteiger partial charge on any atom is -0.355 e. The van der Waals surface area contributed by atoms with Crippen LogP contribution in [-0.4, -0.2) is 18.2 Å². The Bertz CT molecular complexity index is 601. The summed E-state index contributed by atoms with van der Waals surface area (Å²) in [7, 11) is 0. The van der Waals surface area contributed by atoms with Crippen molar-refractivity contribution < 1.29 is 4.79 Å². The van der Waals surface area contributed by atoms with Crippen LogP contribution in [0.5, 0.6) is 0 Å². The number of hydrogen-bond donors (Lipinski definition) is 1. The van der Waals surface area contributed by atoms with E-state index in [2.05, 4.69) is 5.32 Å². The smallest absolute Gasteiger partial charge is 0.230 e. The first-order valence-corrected chi connectivity index (χ1v) is 8.27. The third-order valence-electron chi connectivity index (χ3n) is 2.81. The molecule has 0 aliphatic heterocycles. The molecular formula is C16H15Cl2NOS. The number of halogens is 2. The van der Waals surface area contributed by atoms with Crippen LogP contribution in [0.15, 0.2) is 53.4 Å². The van der Waals surface area contributed by atoms with Gasteiger partial charge in [0, 0.05) is 21.5 Å². The van der Waals surface area contributed by atoms with Gasteiger partial charge in [-0.1, -0.05) is 35.3 Å². The van der Waals surface area contributed by atoms with Crippen molar-refractivity contribution in [3.05, 3.63) is 64.1 Å². The molecule has 0 spiro atoms. The summed E-state index contributed by atoms with van der Waals surface area (Å²) in [6, 6.07) is 15.1. The van der Waals surface area contributed by atoms with Crippen LogP contribution in [0.25, 0.3) is 0 Å². The molecule has 2 rings (SSSR count). The summed E-state index contributed by atoms with van der Waals surface area (Å²) in [4.78, 5) is 12.8. The number of benzene rings is 2. The van der Waals surface area contributed by atoms with Crippen LogP contribution in [-0.2, 0) is 11.2 Å². The van der Waals surface area contributed by atoms with Gasteiger partial charge in [-0.25, -0.2) is 0 Å². The fourth-order valence-corrected chi connectivity index (χ4v) is 2.84. The maximum absolute atomic E-state index is 11.8. The molecule has 5 heteroatoms. The maximum Gasteiger partial charge on any atom is 0.230 e. The number of carbonyl (C=O) groups is 1. The Kier molecular flexibility index (Phi) is 6.43. The predicted molar refractivity (Wildman–Crippen MR) is 90.3 cm³/mol. The molecule has 0 radical (unpaired) electrons. The van der Waals surface area contributed by atoms with E-state index in [1.165, 1.54) is 11.8 Å². The van der Waals surface area contributed by atoms with Gasteiger partial charge in [-0.05, 0) is 48.4 Å². The summed E-state index contributed by atoms with van der Waals surface area (Å²) in [6.45, 7) is 0.611. The summed E-state index contributed by atoms with van der Waals surface area (Å²) in [5, 5.41) is 4.32. The largest absolute Gasteiger partial charge is 0.355 e. The molecule has 1 N–H and O–H groups in total. The van der Waals surface area contributed by atoms with E-state index in [1.54, 1.807) is 0 Å². The number of thioether (sulfide) groups is 1. The fraction of sp³-hybridized carbons (Fsp3) is 0.188. The van der Waals surface area contributed by atoms with Crippen molar-refractivity contribution in [2.45, 2.75) is 11.3 Å². The van der Waals surface area contributed by atoms with Crippen molar-refractivity contribution in [1.29, 1.82) is 0 Å². The topological polar surface area (TPSA) is 29.1 Å². The maximum atomic E-state index is 11.8. The second kappa shape index (κ2) is 8.32. The SMILES string of the molecule is O=C(CSc1ccc(Cl)cc1)NCCc1cccc(Cl)c1. The second-order valence-electron chi connectivity index (χ2n) is 4.47. The quantitative estimate of drug-likeness (QED) is 0.788. The molecule has 2 aromatic carbocycles. The molecule has 0 aromatic heterocycles. The monoisotopic (exact) mass is 339 g/mol. The van der Waals surface area contributed by atoms with Crippen molar-refractivity contribution in [3.8, 4) is 0 Å². The molecule has 0 atom stereocenters. The van der Waals surface area contributed by atoms with Crippen molar-refractivity contribution in [1.82, 2.24) is 5.32 Å². The van der Waals surface area contributed by atoms with Crippen LogP contribution in [0.2, 0.25) is 10.0 Å². The van der Waals surface area contributed by atoms with E-state index >= 15 is 0 Å². The van der Waals surface area contributed by atoms with Crippen molar-refractivity contribution in [2.24, 2.45) is 0 Å². The van der Waals surface area contributed by atoms with E-state index in [0.29, 0.717) is 17.3 Å². The van der Waals surface area contributed by atoms with Crippen LogP contribution < -0.4 is 5.32 Å². The Balaban J connectivity index is 1.69. The van der Waals surface area contributed by atoms with Gasteiger partial charge in [0.1, 0.15) is 0 Å². The second-order valence-corrected chi connectivity index (χ2v) is 6.39. The van der Waals surface area contributed by atoms with Gasteiger partial charge in [0.05, 0.1) is 5.75 Å². The van der Waals surface area contributed by atoms with Gasteiger partial charge < -0.3 is 5.32 Å². The van der Waals surface area contributed by atoms with E-state index in [9.17, 15) is 4.79 Å². The molecule has 21 heavy (non-hydrogen) atoms. The Labute approximate surface area is 138 Å². The fourth-order valence-electron chi connectivity index (χ4n) is 1.77. The van der Waals surface area contributed by atoms with Crippen LogP contribution in [0.1, 0.15) is 5.56 Å². The standard InChI is InChI=1S/C16H15Cl2NOS/c17-13-4-6-15(7-5-13)21-11-16(20)19-9-8-12-2-1-3-14(18)10-12/h1-7,10H,8-9,11H2,(H,19,20). The van der Waals surface area contributed by atoms with Gasteiger partial charge in [0.25, 0.3) is 0 Å². The van der Waals surface area contributed by atoms with Crippen LogP contribution in [0, 0.1) is 0 Å². The van der Waals surface area contributed by atoms with E-state index in [0.717, 1.165) is 21.9 Å². The van der Waals surface area contributed by atoms with Crippen molar-refractivity contribution >= 4 is 40.9 Å². The molecule has 0 unspecified atom stereocenters. The number of amides is 1. The van der Waals surface area contributed by atoms with E-state index in [-0.39, 0.29) is 5.91 Å². The third-order valence-corrected chi connectivity index (χ3v) is 4.31. The molecule has 2 aromatic rings. The molecule has 1 amide bonds. The summed E-state index contributed by atoms with van der Waals surface area (Å²) >= 11 is 13.2. The van der Waals surface area contributed by atoms with Gasteiger partial charge in [-0.3, -0.25) is 4.79 Å². The normalized spacial score (nSPS) is 10.4. The first-order valence-electron chi connectivity index (χ1n) is 6.53. The highest BCUT2D eigenvalue weighted by Gasteiger charge is 2.03. The number of rotatable bonds is 6. The molecule has 2 nitrogen and oxygen atoms in total. The summed E-state index contributed by atoms with van der Waals surface area (Å²) in [6.07, 6.45) is 0.776. The van der Waals surface area contributed by atoms with Crippen LogP contribution in [0.3, 0.4) is 0 Å². The molecule has 0 heterocycles. The van der Waals surface area contributed by atoms with Gasteiger partial charge in [0.2, 0.25) is 5.91 Å². The van der Waals surface area contributed by atoms with E-state index in [1.807, 2.05) is 48.5 Å². The molecule has 0 aliphatic rings. The Morgan fingerprint density at radius 2 is 1.81 bits per heavy atom. The Hall–Kier alpha value is -1.16. The van der Waals surface area contributed by atoms with Crippen molar-refractivity contribution in [2.75, 3.05) is 12.3 Å². The first-order chi connectivity index (χ1) is 10.1. The summed E-state index contributed by atoms with van der Waals surface area (Å²) < 4.78 is 0. The number of carbonyl (C=O) groups excluding carboxylic acids is 1. The Morgan fingerprint density at radius 1 is 1.05 bits per heavy atom. The number of hydrogen-bond acceptors (Lipinski definition) is 2. The molecule has 0 fully saturated rings. The lowest BCUT2D eigenvalue weighted by Gasteiger charge is -2.06. The first kappa shape index (κ1) is 16.2. The molecular weight excluding hydrogens is 325 g/mol. The zero-order valence-electron chi connectivity index (χ0n) is 11.3. The lowest BCUT2D eigenvalue weighted by molar-refractivity contribution is -0.118. The Morgan fingerprint density at radius 3 is 2.52 bits per heavy atom. The zero-order chi connectivity index (χ0) is 15.1. The average Bonchev–Trinajstić information content (AvgIpc) is 2.47. The van der Waals surface area contributed by atoms with Gasteiger partial charge in [0.15, 0.2) is 0 Å². The van der Waals surface area contributed by atoms with Gasteiger partial charge in [-0.2, -0.15) is 0 Å². The summed E-state index contributed by atoms with van der Waals surface area (Å²) in [5.41, 5.74) is 1.12. The number of nitrogens with one attached hydrogen (secondary N) is 1. The molecule has 110 valence electrons. The van der Waals surface area contributed by atoms with E-state index in [4.69, 9.17) is 23.2 Å². The highest BCUT2D eigenvalue weighted by Crippen LogP contribution is 2.19. The summed E-state index contributed by atoms with van der Waals surface area (Å²) in [5.74, 6) is 0.425. The molecule has 0 aliphatic carbocycles. The molecule has 0 bridgehead atoms. The van der Waals surface area contributed by atoms with Crippen LogP contribution in [0.4, 0.5) is 0 Å². The minimum atomic E-state index is 0.0250.